The summed E-state index contributed by atoms with van der Waals surface area (Å²) in [5.41, 5.74) is -0.533. The topological polar surface area (TPSA) is 12.0 Å². The number of benzene rings is 1. The summed E-state index contributed by atoms with van der Waals surface area (Å²) in [6.07, 6.45) is -2.56. The van der Waals surface area contributed by atoms with E-state index in [4.69, 9.17) is 11.6 Å². The smallest absolute Gasteiger partial charge is 0.380 e. The van der Waals surface area contributed by atoms with Gasteiger partial charge >= 0.3 is 6.18 Å². The van der Waals surface area contributed by atoms with Gasteiger partial charge in [-0.15, -0.1) is 0 Å². The maximum absolute atomic E-state index is 13.1. The number of hydrogen-bond donors (Lipinski definition) is 1. The molecule has 1 aliphatic rings. The molecule has 112 valence electrons. The van der Waals surface area contributed by atoms with Crippen molar-refractivity contribution in [3.8, 4) is 0 Å². The molecular weight excluding hydrogens is 287 g/mol. The molecule has 0 bridgehead atoms. The lowest BCUT2D eigenvalue weighted by atomic mass is 9.91. The van der Waals surface area contributed by atoms with E-state index in [1.807, 2.05) is 0 Å². The monoisotopic (exact) mass is 305 g/mol. The first kappa shape index (κ1) is 15.5. The fourth-order valence-electron chi connectivity index (χ4n) is 3.18. The third-order valence-electron chi connectivity index (χ3n) is 3.98. The third kappa shape index (κ3) is 3.22. The Kier molecular flexibility index (Phi) is 3.98. The molecule has 5 heteroatoms. The van der Waals surface area contributed by atoms with Gasteiger partial charge in [0, 0.05) is 6.04 Å². The maximum atomic E-state index is 13.1. The van der Waals surface area contributed by atoms with Crippen LogP contribution in [0.15, 0.2) is 18.2 Å². The van der Waals surface area contributed by atoms with Crippen molar-refractivity contribution in [3.05, 3.63) is 28.8 Å². The van der Waals surface area contributed by atoms with E-state index in [2.05, 4.69) is 26.1 Å². The average molecular weight is 306 g/mol. The van der Waals surface area contributed by atoms with Crippen LogP contribution in [0.2, 0.25) is 5.02 Å². The highest BCUT2D eigenvalue weighted by atomic mass is 35.5. The van der Waals surface area contributed by atoms with Crippen molar-refractivity contribution in [2.24, 2.45) is 11.3 Å². The van der Waals surface area contributed by atoms with Crippen LogP contribution < -0.4 is 5.32 Å². The van der Waals surface area contributed by atoms with E-state index >= 15 is 0 Å². The Balaban J connectivity index is 2.30. The summed E-state index contributed by atoms with van der Waals surface area (Å²) in [7, 11) is 0. The van der Waals surface area contributed by atoms with E-state index in [0.29, 0.717) is 5.92 Å². The maximum Gasteiger partial charge on any atom is 0.418 e. The van der Waals surface area contributed by atoms with Gasteiger partial charge in [0.15, 0.2) is 0 Å². The van der Waals surface area contributed by atoms with Crippen LogP contribution in [0.3, 0.4) is 0 Å². The van der Waals surface area contributed by atoms with E-state index in [9.17, 15) is 13.2 Å². The zero-order chi connectivity index (χ0) is 15.1. The van der Waals surface area contributed by atoms with Gasteiger partial charge in [-0.05, 0) is 36.3 Å². The molecule has 1 aromatic rings. The van der Waals surface area contributed by atoms with Crippen molar-refractivity contribution in [2.45, 2.75) is 45.8 Å². The molecule has 1 saturated carbocycles. The lowest BCUT2D eigenvalue weighted by molar-refractivity contribution is -0.137. The molecule has 2 rings (SSSR count). The number of rotatable bonds is 2. The Morgan fingerprint density at radius 1 is 1.25 bits per heavy atom. The van der Waals surface area contributed by atoms with E-state index in [0.717, 1.165) is 18.9 Å². The summed E-state index contributed by atoms with van der Waals surface area (Å²) in [6, 6.07) is 3.91. The van der Waals surface area contributed by atoms with Crippen LogP contribution in [-0.2, 0) is 6.18 Å². The Morgan fingerprint density at radius 2 is 1.90 bits per heavy atom. The zero-order valence-electron chi connectivity index (χ0n) is 11.8. The van der Waals surface area contributed by atoms with Crippen LogP contribution >= 0.6 is 11.6 Å². The van der Waals surface area contributed by atoms with Crippen molar-refractivity contribution >= 4 is 17.3 Å². The van der Waals surface area contributed by atoms with E-state index < -0.39 is 11.7 Å². The summed E-state index contributed by atoms with van der Waals surface area (Å²) in [5.74, 6) is 0.322. The first-order valence-electron chi connectivity index (χ1n) is 6.72. The standard InChI is InChI=1S/C15H19ClF3N/c1-9-7-14(2,3)8-12(9)20-13-10(15(17,18)19)5-4-6-11(13)16/h4-6,9,12,20H,7-8H2,1-3H3. The van der Waals surface area contributed by atoms with Gasteiger partial charge in [-0.1, -0.05) is 38.4 Å². The van der Waals surface area contributed by atoms with Gasteiger partial charge in [-0.3, -0.25) is 0 Å². The second-order valence-electron chi connectivity index (χ2n) is 6.46. The normalized spacial score (nSPS) is 25.8. The van der Waals surface area contributed by atoms with Gasteiger partial charge in [0.2, 0.25) is 0 Å². The lowest BCUT2D eigenvalue weighted by Crippen LogP contribution is -2.24. The molecule has 20 heavy (non-hydrogen) atoms. The number of halogens is 4. The Labute approximate surface area is 122 Å². The highest BCUT2D eigenvalue weighted by Crippen LogP contribution is 2.45. The van der Waals surface area contributed by atoms with Crippen LogP contribution in [0.5, 0.6) is 0 Å². The molecule has 0 aromatic heterocycles. The van der Waals surface area contributed by atoms with E-state index in [-0.39, 0.29) is 22.2 Å². The first-order chi connectivity index (χ1) is 9.10. The molecule has 1 N–H and O–H groups in total. The van der Waals surface area contributed by atoms with Crippen LogP contribution in [0, 0.1) is 11.3 Å². The summed E-state index contributed by atoms with van der Waals surface area (Å²) in [5, 5.41) is 3.16. The molecule has 0 spiro atoms. The molecule has 1 nitrogen and oxygen atoms in total. The van der Waals surface area contributed by atoms with Crippen molar-refractivity contribution in [2.75, 3.05) is 5.32 Å². The molecular formula is C15H19ClF3N. The number of alkyl halides is 3. The predicted octanol–water partition coefficient (Wildman–Crippen LogP) is 5.60. The van der Waals surface area contributed by atoms with Crippen molar-refractivity contribution < 1.29 is 13.2 Å². The minimum atomic E-state index is -4.40. The van der Waals surface area contributed by atoms with Crippen molar-refractivity contribution in [3.63, 3.8) is 0 Å². The van der Waals surface area contributed by atoms with Gasteiger partial charge < -0.3 is 5.32 Å². The average Bonchev–Trinajstić information content (AvgIpc) is 2.53. The Morgan fingerprint density at radius 3 is 2.40 bits per heavy atom. The fourth-order valence-corrected chi connectivity index (χ4v) is 3.41. The van der Waals surface area contributed by atoms with Gasteiger partial charge in [-0.2, -0.15) is 13.2 Å². The number of para-hydroxylation sites is 1. The molecule has 2 atom stereocenters. The summed E-state index contributed by atoms with van der Waals surface area (Å²) in [4.78, 5) is 0. The molecule has 0 heterocycles. The molecule has 2 unspecified atom stereocenters. The van der Waals surface area contributed by atoms with Crippen molar-refractivity contribution in [1.82, 2.24) is 0 Å². The third-order valence-corrected chi connectivity index (χ3v) is 4.30. The summed E-state index contributed by atoms with van der Waals surface area (Å²) in [6.45, 7) is 6.35. The largest absolute Gasteiger partial charge is 0.418 e. The quantitative estimate of drug-likeness (QED) is 0.750. The second kappa shape index (κ2) is 5.14. The Bertz CT molecular complexity index is 496. The molecule has 0 saturated heterocycles. The second-order valence-corrected chi connectivity index (χ2v) is 6.87. The number of hydrogen-bond acceptors (Lipinski definition) is 1. The SMILES string of the molecule is CC1CC(C)(C)CC1Nc1c(Cl)cccc1C(F)(F)F. The fraction of sp³-hybridized carbons (Fsp3) is 0.600. The molecule has 0 aliphatic heterocycles. The van der Waals surface area contributed by atoms with Gasteiger partial charge in [-0.25, -0.2) is 0 Å². The van der Waals surface area contributed by atoms with E-state index in [1.165, 1.54) is 12.1 Å². The van der Waals surface area contributed by atoms with Gasteiger partial charge in [0.1, 0.15) is 0 Å². The molecule has 0 radical (unpaired) electrons. The predicted molar refractivity (Wildman–Crippen MR) is 76.0 cm³/mol. The first-order valence-corrected chi connectivity index (χ1v) is 7.10. The van der Waals surface area contributed by atoms with Crippen LogP contribution in [0.25, 0.3) is 0 Å². The van der Waals surface area contributed by atoms with Crippen LogP contribution in [0.4, 0.5) is 18.9 Å². The van der Waals surface area contributed by atoms with Gasteiger partial charge in [0.25, 0.3) is 0 Å². The minimum absolute atomic E-state index is 0.0104. The Hall–Kier alpha value is -0.900. The molecule has 1 fully saturated rings. The minimum Gasteiger partial charge on any atom is -0.380 e. The lowest BCUT2D eigenvalue weighted by Gasteiger charge is -2.23. The molecule has 1 aliphatic carbocycles. The zero-order valence-corrected chi connectivity index (χ0v) is 12.6. The highest BCUT2D eigenvalue weighted by Gasteiger charge is 2.39. The number of anilines is 1. The van der Waals surface area contributed by atoms with Crippen molar-refractivity contribution in [1.29, 1.82) is 0 Å². The summed E-state index contributed by atoms with van der Waals surface area (Å²) >= 11 is 5.97. The van der Waals surface area contributed by atoms with Crippen LogP contribution in [-0.4, -0.2) is 6.04 Å². The summed E-state index contributed by atoms with van der Waals surface area (Å²) < 4.78 is 39.2. The number of nitrogens with one attached hydrogen (secondary N) is 1. The van der Waals surface area contributed by atoms with E-state index in [1.54, 1.807) is 0 Å². The van der Waals surface area contributed by atoms with Crippen LogP contribution in [0.1, 0.15) is 39.2 Å². The highest BCUT2D eigenvalue weighted by molar-refractivity contribution is 6.33. The molecule has 0 amide bonds. The van der Waals surface area contributed by atoms with Gasteiger partial charge in [0.05, 0.1) is 16.3 Å². The molecule has 1 aromatic carbocycles.